The molecule has 5 nitrogen and oxygen atoms in total. The quantitative estimate of drug-likeness (QED) is 0.870. The van der Waals surface area contributed by atoms with Gasteiger partial charge in [-0.05, 0) is 44.0 Å². The molecule has 2 N–H and O–H groups in total. The molecule has 0 aliphatic carbocycles. The molecule has 1 saturated heterocycles. The lowest BCUT2D eigenvalue weighted by atomic mass is 9.96. The van der Waals surface area contributed by atoms with Gasteiger partial charge in [-0.15, -0.1) is 0 Å². The second-order valence-electron chi connectivity index (χ2n) is 5.36. The minimum Gasteiger partial charge on any atom is -0.325 e. The molecule has 116 valence electrons. The van der Waals surface area contributed by atoms with Gasteiger partial charge in [0.1, 0.15) is 0 Å². The molecule has 0 aromatic heterocycles. The van der Waals surface area contributed by atoms with Gasteiger partial charge in [0.25, 0.3) is 0 Å². The molecule has 0 radical (unpaired) electrons. The number of sulfone groups is 1. The second-order valence-corrected chi connectivity index (χ2v) is 7.61. The Bertz CT molecular complexity index is 593. The highest BCUT2D eigenvalue weighted by molar-refractivity contribution is 7.91. The van der Waals surface area contributed by atoms with Crippen molar-refractivity contribution < 1.29 is 13.2 Å². The Morgan fingerprint density at radius 2 is 2.14 bits per heavy atom. The zero-order chi connectivity index (χ0) is 15.3. The maximum Gasteiger partial charge on any atom is 0.224 e. The largest absolute Gasteiger partial charge is 0.325 e. The fourth-order valence-corrected chi connectivity index (χ4v) is 3.61. The van der Waals surface area contributed by atoms with Gasteiger partial charge in [-0.2, -0.15) is 0 Å². The van der Waals surface area contributed by atoms with Crippen LogP contribution in [0.3, 0.4) is 0 Å². The Hall–Kier alpha value is -1.40. The predicted octanol–water partition coefficient (Wildman–Crippen LogP) is 1.81. The summed E-state index contributed by atoms with van der Waals surface area (Å²) >= 11 is 0. The van der Waals surface area contributed by atoms with E-state index in [-0.39, 0.29) is 16.6 Å². The van der Waals surface area contributed by atoms with E-state index in [0.717, 1.165) is 25.9 Å². The summed E-state index contributed by atoms with van der Waals surface area (Å²) in [5, 5.41) is 6.03. The van der Waals surface area contributed by atoms with Crippen LogP contribution in [-0.2, 0) is 14.6 Å². The maximum absolute atomic E-state index is 12.1. The van der Waals surface area contributed by atoms with E-state index in [9.17, 15) is 13.2 Å². The van der Waals surface area contributed by atoms with Crippen LogP contribution in [0.15, 0.2) is 29.2 Å². The van der Waals surface area contributed by atoms with E-state index in [2.05, 4.69) is 10.6 Å². The zero-order valence-corrected chi connectivity index (χ0v) is 13.1. The molecule has 0 spiro atoms. The van der Waals surface area contributed by atoms with Crippen LogP contribution in [0.25, 0.3) is 0 Å². The first-order chi connectivity index (χ1) is 10.0. The molecule has 1 aromatic carbocycles. The normalized spacial score (nSPS) is 19.2. The highest BCUT2D eigenvalue weighted by atomic mass is 32.2. The van der Waals surface area contributed by atoms with E-state index < -0.39 is 9.84 Å². The van der Waals surface area contributed by atoms with Gasteiger partial charge >= 0.3 is 0 Å². The Kier molecular flexibility index (Phi) is 5.36. The first-order valence-corrected chi connectivity index (χ1v) is 9.00. The van der Waals surface area contributed by atoms with Gasteiger partial charge in [0, 0.05) is 6.42 Å². The fraction of sp³-hybridized carbons (Fsp3) is 0.533. The molecule has 2 rings (SSSR count). The molecule has 0 saturated carbocycles. The smallest absolute Gasteiger partial charge is 0.224 e. The molecule has 1 heterocycles. The van der Waals surface area contributed by atoms with Gasteiger partial charge < -0.3 is 10.6 Å². The lowest BCUT2D eigenvalue weighted by Crippen LogP contribution is -2.32. The molecule has 6 heteroatoms. The summed E-state index contributed by atoms with van der Waals surface area (Å²) in [5.74, 6) is 0.225. The highest BCUT2D eigenvalue weighted by Gasteiger charge is 2.20. The van der Waals surface area contributed by atoms with E-state index in [4.69, 9.17) is 0 Å². The molecule has 21 heavy (non-hydrogen) atoms. The summed E-state index contributed by atoms with van der Waals surface area (Å²) in [5.41, 5.74) is 0.383. The molecular weight excluding hydrogens is 288 g/mol. The average Bonchev–Trinajstić information content (AvgIpc) is 2.48. The molecule has 1 aliphatic heterocycles. The van der Waals surface area contributed by atoms with Crippen LogP contribution >= 0.6 is 0 Å². The van der Waals surface area contributed by atoms with Gasteiger partial charge in [-0.3, -0.25) is 4.79 Å². The van der Waals surface area contributed by atoms with E-state index in [1.165, 1.54) is 6.07 Å². The summed E-state index contributed by atoms with van der Waals surface area (Å²) in [7, 11) is -3.33. The highest BCUT2D eigenvalue weighted by Crippen LogP contribution is 2.23. The standard InChI is InChI=1S/C15H22N2O3S/c1-2-21(19,20)14-8-4-3-7-13(14)17-15(18)10-12-6-5-9-16-11-12/h3-4,7-8,12,16H,2,5-6,9-11H2,1H3,(H,17,18). The van der Waals surface area contributed by atoms with E-state index in [0.29, 0.717) is 18.0 Å². The summed E-state index contributed by atoms with van der Waals surface area (Å²) < 4.78 is 24.1. The van der Waals surface area contributed by atoms with Crippen LogP contribution in [0, 0.1) is 5.92 Å². The third-order valence-electron chi connectivity index (χ3n) is 3.75. The Balaban J connectivity index is 2.07. The zero-order valence-electron chi connectivity index (χ0n) is 12.3. The average molecular weight is 310 g/mol. The number of benzene rings is 1. The van der Waals surface area contributed by atoms with Gasteiger partial charge in [-0.1, -0.05) is 19.1 Å². The van der Waals surface area contributed by atoms with Crippen LogP contribution < -0.4 is 10.6 Å². The number of rotatable bonds is 5. The van der Waals surface area contributed by atoms with Crippen molar-refractivity contribution in [3.63, 3.8) is 0 Å². The predicted molar refractivity (Wildman–Crippen MR) is 83.0 cm³/mol. The Morgan fingerprint density at radius 3 is 2.81 bits per heavy atom. The molecule has 1 amide bonds. The number of carbonyl (C=O) groups is 1. The Morgan fingerprint density at radius 1 is 1.38 bits per heavy atom. The van der Waals surface area contributed by atoms with Crippen molar-refractivity contribution in [3.05, 3.63) is 24.3 Å². The number of para-hydroxylation sites is 1. The van der Waals surface area contributed by atoms with E-state index in [1.54, 1.807) is 25.1 Å². The number of nitrogens with one attached hydrogen (secondary N) is 2. The number of piperidine rings is 1. The van der Waals surface area contributed by atoms with Crippen molar-refractivity contribution in [1.29, 1.82) is 0 Å². The molecule has 1 aliphatic rings. The van der Waals surface area contributed by atoms with Crippen LogP contribution in [-0.4, -0.2) is 33.2 Å². The lowest BCUT2D eigenvalue weighted by Gasteiger charge is -2.22. The topological polar surface area (TPSA) is 75.3 Å². The lowest BCUT2D eigenvalue weighted by molar-refractivity contribution is -0.117. The van der Waals surface area contributed by atoms with Crippen molar-refractivity contribution in [2.75, 3.05) is 24.2 Å². The van der Waals surface area contributed by atoms with Crippen molar-refractivity contribution in [1.82, 2.24) is 5.32 Å². The van der Waals surface area contributed by atoms with Crippen molar-refractivity contribution in [2.45, 2.75) is 31.1 Å². The number of hydrogen-bond donors (Lipinski definition) is 2. The number of carbonyl (C=O) groups excluding carboxylic acids is 1. The minimum absolute atomic E-state index is 0.0203. The van der Waals surface area contributed by atoms with Gasteiger partial charge in [0.05, 0.1) is 16.3 Å². The van der Waals surface area contributed by atoms with E-state index >= 15 is 0 Å². The van der Waals surface area contributed by atoms with Gasteiger partial charge in [0.15, 0.2) is 9.84 Å². The molecule has 1 fully saturated rings. The molecule has 1 unspecified atom stereocenters. The monoisotopic (exact) mass is 310 g/mol. The first-order valence-electron chi connectivity index (χ1n) is 7.35. The number of amides is 1. The van der Waals surface area contributed by atoms with Crippen LogP contribution in [0.2, 0.25) is 0 Å². The number of hydrogen-bond acceptors (Lipinski definition) is 4. The third-order valence-corrected chi connectivity index (χ3v) is 5.54. The van der Waals surface area contributed by atoms with Crippen molar-refractivity contribution >= 4 is 21.4 Å². The first kappa shape index (κ1) is 16.0. The molecule has 0 bridgehead atoms. The second kappa shape index (κ2) is 7.04. The maximum atomic E-state index is 12.1. The molecule has 1 aromatic rings. The third kappa shape index (κ3) is 4.28. The summed E-state index contributed by atoms with van der Waals surface area (Å²) in [6.07, 6.45) is 2.54. The van der Waals surface area contributed by atoms with Gasteiger partial charge in [-0.25, -0.2) is 8.42 Å². The summed E-state index contributed by atoms with van der Waals surface area (Å²) in [6, 6.07) is 6.58. The fourth-order valence-electron chi connectivity index (χ4n) is 2.56. The summed E-state index contributed by atoms with van der Waals surface area (Å²) in [6.45, 7) is 3.46. The molecular formula is C15H22N2O3S. The van der Waals surface area contributed by atoms with Gasteiger partial charge in [0.2, 0.25) is 5.91 Å². The summed E-state index contributed by atoms with van der Waals surface area (Å²) in [4.78, 5) is 12.3. The molecule has 1 atom stereocenters. The van der Waals surface area contributed by atoms with Crippen LogP contribution in [0.1, 0.15) is 26.2 Å². The Labute approximate surface area is 126 Å². The SMILES string of the molecule is CCS(=O)(=O)c1ccccc1NC(=O)CC1CCCNC1. The van der Waals surface area contributed by atoms with Crippen LogP contribution in [0.5, 0.6) is 0 Å². The van der Waals surface area contributed by atoms with Crippen LogP contribution in [0.4, 0.5) is 5.69 Å². The minimum atomic E-state index is -3.33. The number of anilines is 1. The van der Waals surface area contributed by atoms with Crippen molar-refractivity contribution in [3.8, 4) is 0 Å². The van der Waals surface area contributed by atoms with Crippen molar-refractivity contribution in [2.24, 2.45) is 5.92 Å². The van der Waals surface area contributed by atoms with E-state index in [1.807, 2.05) is 0 Å².